The molecule has 1 rings (SSSR count). The summed E-state index contributed by atoms with van der Waals surface area (Å²) in [4.78, 5) is 11.6. The molecule has 0 saturated carbocycles. The van der Waals surface area contributed by atoms with Gasteiger partial charge in [0.1, 0.15) is 5.75 Å². The Labute approximate surface area is 90.1 Å². The zero-order valence-corrected chi connectivity index (χ0v) is 9.21. The first-order valence-electron chi connectivity index (χ1n) is 5.23. The van der Waals surface area contributed by atoms with Gasteiger partial charge >= 0.3 is 0 Å². The highest BCUT2D eigenvalue weighted by molar-refractivity contribution is 5.97. The van der Waals surface area contributed by atoms with Crippen LogP contribution in [-0.4, -0.2) is 17.6 Å². The first kappa shape index (κ1) is 11.6. The molecule has 0 radical (unpaired) electrons. The molecule has 3 nitrogen and oxygen atoms in total. The largest absolute Gasteiger partial charge is 0.507 e. The molecule has 15 heavy (non-hydrogen) atoms. The van der Waals surface area contributed by atoms with Crippen LogP contribution in [0.15, 0.2) is 18.2 Å². The molecule has 0 saturated heterocycles. The van der Waals surface area contributed by atoms with Crippen LogP contribution in [0.4, 0.5) is 0 Å². The van der Waals surface area contributed by atoms with Gasteiger partial charge in [-0.05, 0) is 25.0 Å². The lowest BCUT2D eigenvalue weighted by Crippen LogP contribution is -2.24. The molecule has 0 aliphatic carbocycles. The monoisotopic (exact) mass is 207 g/mol. The normalized spacial score (nSPS) is 10.0. The maximum atomic E-state index is 11.6. The fourth-order valence-electron chi connectivity index (χ4n) is 1.32. The number of hydrogen-bond donors (Lipinski definition) is 2. The highest BCUT2D eigenvalue weighted by Gasteiger charge is 2.11. The van der Waals surface area contributed by atoms with Crippen LogP contribution < -0.4 is 5.32 Å². The number of unbranched alkanes of at least 4 members (excludes halogenated alkanes) is 1. The SMILES string of the molecule is CCCCNC(=O)c1cccc(C)c1O. The van der Waals surface area contributed by atoms with Crippen molar-refractivity contribution in [2.45, 2.75) is 26.7 Å². The first-order valence-corrected chi connectivity index (χ1v) is 5.23. The molecule has 0 aliphatic heterocycles. The van der Waals surface area contributed by atoms with Gasteiger partial charge in [0.2, 0.25) is 0 Å². The maximum absolute atomic E-state index is 11.6. The van der Waals surface area contributed by atoms with Crippen LogP contribution in [0.5, 0.6) is 5.75 Å². The number of phenols is 1. The molecule has 3 heteroatoms. The summed E-state index contributed by atoms with van der Waals surface area (Å²) in [6.45, 7) is 4.50. The molecule has 1 aromatic carbocycles. The number of hydrogen-bond acceptors (Lipinski definition) is 2. The molecule has 2 N–H and O–H groups in total. The quantitative estimate of drug-likeness (QED) is 0.744. The van der Waals surface area contributed by atoms with E-state index in [1.165, 1.54) is 0 Å². The summed E-state index contributed by atoms with van der Waals surface area (Å²) in [5.74, 6) is -0.129. The summed E-state index contributed by atoms with van der Waals surface area (Å²) >= 11 is 0. The van der Waals surface area contributed by atoms with Gasteiger partial charge in [-0.25, -0.2) is 0 Å². The van der Waals surface area contributed by atoms with Crippen molar-refractivity contribution in [1.82, 2.24) is 5.32 Å². The van der Waals surface area contributed by atoms with Crippen molar-refractivity contribution in [2.24, 2.45) is 0 Å². The number of nitrogens with one attached hydrogen (secondary N) is 1. The van der Waals surface area contributed by atoms with Crippen LogP contribution in [0.25, 0.3) is 0 Å². The first-order chi connectivity index (χ1) is 7.16. The zero-order valence-electron chi connectivity index (χ0n) is 9.21. The Morgan fingerprint density at radius 2 is 2.20 bits per heavy atom. The van der Waals surface area contributed by atoms with E-state index in [1.54, 1.807) is 25.1 Å². The smallest absolute Gasteiger partial charge is 0.255 e. The van der Waals surface area contributed by atoms with Crippen LogP contribution in [0.1, 0.15) is 35.7 Å². The number of amides is 1. The third-order valence-electron chi connectivity index (χ3n) is 2.30. The number of rotatable bonds is 4. The van der Waals surface area contributed by atoms with Crippen LogP contribution in [-0.2, 0) is 0 Å². The number of aryl methyl sites for hydroxylation is 1. The number of aromatic hydroxyl groups is 1. The summed E-state index contributed by atoms with van der Waals surface area (Å²) < 4.78 is 0. The Balaban J connectivity index is 2.69. The maximum Gasteiger partial charge on any atom is 0.255 e. The highest BCUT2D eigenvalue weighted by atomic mass is 16.3. The van der Waals surface area contributed by atoms with Crippen LogP contribution in [0.2, 0.25) is 0 Å². The topological polar surface area (TPSA) is 49.3 Å². The van der Waals surface area contributed by atoms with E-state index in [-0.39, 0.29) is 11.7 Å². The van der Waals surface area contributed by atoms with Crippen molar-refractivity contribution in [3.8, 4) is 5.75 Å². The average molecular weight is 207 g/mol. The summed E-state index contributed by atoms with van der Waals surface area (Å²) in [6, 6.07) is 5.17. The van der Waals surface area contributed by atoms with E-state index in [9.17, 15) is 9.90 Å². The van der Waals surface area contributed by atoms with Crippen molar-refractivity contribution in [3.63, 3.8) is 0 Å². The van der Waals surface area contributed by atoms with E-state index < -0.39 is 0 Å². The average Bonchev–Trinajstić information content (AvgIpc) is 2.22. The fraction of sp³-hybridized carbons (Fsp3) is 0.417. The van der Waals surface area contributed by atoms with E-state index >= 15 is 0 Å². The van der Waals surface area contributed by atoms with Gasteiger partial charge in [0.25, 0.3) is 5.91 Å². The zero-order chi connectivity index (χ0) is 11.3. The summed E-state index contributed by atoms with van der Waals surface area (Å²) in [5.41, 5.74) is 1.07. The van der Waals surface area contributed by atoms with Gasteiger partial charge in [-0.15, -0.1) is 0 Å². The van der Waals surface area contributed by atoms with Gasteiger partial charge in [-0.3, -0.25) is 4.79 Å². The molecule has 0 heterocycles. The minimum atomic E-state index is -0.204. The van der Waals surface area contributed by atoms with Crippen molar-refractivity contribution >= 4 is 5.91 Å². The van der Waals surface area contributed by atoms with Crippen LogP contribution in [0, 0.1) is 6.92 Å². The van der Waals surface area contributed by atoms with E-state index in [4.69, 9.17) is 0 Å². The van der Waals surface area contributed by atoms with Crippen LogP contribution >= 0.6 is 0 Å². The van der Waals surface area contributed by atoms with Gasteiger partial charge in [-0.1, -0.05) is 25.5 Å². The Morgan fingerprint density at radius 1 is 1.47 bits per heavy atom. The van der Waals surface area contributed by atoms with Gasteiger partial charge in [-0.2, -0.15) is 0 Å². The van der Waals surface area contributed by atoms with Gasteiger partial charge in [0.15, 0.2) is 0 Å². The molecule has 0 unspecified atom stereocenters. The standard InChI is InChI=1S/C12H17NO2/c1-3-4-8-13-12(15)10-7-5-6-9(2)11(10)14/h5-7,14H,3-4,8H2,1-2H3,(H,13,15). The predicted octanol–water partition coefficient (Wildman–Crippen LogP) is 2.23. The van der Waals surface area contributed by atoms with Gasteiger partial charge in [0.05, 0.1) is 5.56 Å². The molecule has 0 spiro atoms. The van der Waals surface area contributed by atoms with Gasteiger partial charge < -0.3 is 10.4 Å². The number of carbonyl (C=O) groups is 1. The minimum Gasteiger partial charge on any atom is -0.507 e. The Hall–Kier alpha value is -1.51. The second kappa shape index (κ2) is 5.39. The van der Waals surface area contributed by atoms with E-state index in [0.29, 0.717) is 12.1 Å². The highest BCUT2D eigenvalue weighted by Crippen LogP contribution is 2.20. The molecule has 0 fully saturated rings. The van der Waals surface area contributed by atoms with Crippen molar-refractivity contribution < 1.29 is 9.90 Å². The molecule has 0 aromatic heterocycles. The van der Waals surface area contributed by atoms with E-state index in [0.717, 1.165) is 18.4 Å². The third-order valence-corrected chi connectivity index (χ3v) is 2.30. The van der Waals surface area contributed by atoms with Gasteiger partial charge in [0, 0.05) is 6.54 Å². The number of benzene rings is 1. The summed E-state index contributed by atoms with van der Waals surface area (Å²) in [5, 5.41) is 12.4. The minimum absolute atomic E-state index is 0.0755. The molecule has 82 valence electrons. The van der Waals surface area contributed by atoms with Crippen molar-refractivity contribution in [1.29, 1.82) is 0 Å². The number of para-hydroxylation sites is 1. The second-order valence-electron chi connectivity index (χ2n) is 3.58. The second-order valence-corrected chi connectivity index (χ2v) is 3.58. The molecular weight excluding hydrogens is 190 g/mol. The molecule has 1 amide bonds. The van der Waals surface area contributed by atoms with Crippen molar-refractivity contribution in [2.75, 3.05) is 6.54 Å². The lowest BCUT2D eigenvalue weighted by molar-refractivity contribution is 0.0950. The summed E-state index contributed by atoms with van der Waals surface area (Å²) in [7, 11) is 0. The summed E-state index contributed by atoms with van der Waals surface area (Å²) in [6.07, 6.45) is 2.00. The third kappa shape index (κ3) is 2.98. The lowest BCUT2D eigenvalue weighted by atomic mass is 10.1. The molecule has 1 aromatic rings. The van der Waals surface area contributed by atoms with E-state index in [2.05, 4.69) is 12.2 Å². The van der Waals surface area contributed by atoms with E-state index in [1.807, 2.05) is 0 Å². The molecular formula is C12H17NO2. The number of phenolic OH excluding ortho intramolecular Hbond substituents is 1. The van der Waals surface area contributed by atoms with Crippen molar-refractivity contribution in [3.05, 3.63) is 29.3 Å². The van der Waals surface area contributed by atoms with Crippen LogP contribution in [0.3, 0.4) is 0 Å². The lowest BCUT2D eigenvalue weighted by Gasteiger charge is -2.07. The number of carbonyl (C=O) groups excluding carboxylic acids is 1. The fourth-order valence-corrected chi connectivity index (χ4v) is 1.32. The predicted molar refractivity (Wildman–Crippen MR) is 60.1 cm³/mol. The molecule has 0 bridgehead atoms. The Morgan fingerprint density at radius 3 is 2.87 bits per heavy atom. The molecule has 0 aliphatic rings. The Bertz CT molecular complexity index is 347. The Kier molecular flexibility index (Phi) is 4.16. The molecule has 0 atom stereocenters.